The third kappa shape index (κ3) is 4.48. The van der Waals surface area contributed by atoms with E-state index in [1.54, 1.807) is 0 Å². The minimum atomic E-state index is -1.37. The largest absolute Gasteiger partial charge is 0.476 e. The van der Waals surface area contributed by atoms with Crippen molar-refractivity contribution in [1.82, 2.24) is 9.36 Å². The first-order valence-corrected chi connectivity index (χ1v) is 10.6. The van der Waals surface area contributed by atoms with Crippen molar-refractivity contribution in [3.8, 4) is 0 Å². The molecule has 4 aromatic rings. The van der Waals surface area contributed by atoms with Crippen LogP contribution in [0.4, 0.5) is 5.13 Å². The van der Waals surface area contributed by atoms with Crippen LogP contribution < -0.4 is 5.32 Å². The molecule has 0 atom stereocenters. The summed E-state index contributed by atoms with van der Waals surface area (Å²) in [5.41, 5.74) is 0.531. The van der Waals surface area contributed by atoms with Gasteiger partial charge in [0.2, 0.25) is 28.7 Å². The van der Waals surface area contributed by atoms with Gasteiger partial charge in [0.05, 0.1) is 0 Å². The van der Waals surface area contributed by atoms with E-state index >= 15 is 0 Å². The van der Waals surface area contributed by atoms with Crippen LogP contribution >= 0.6 is 11.5 Å². The monoisotopic (exact) mass is 458 g/mol. The molecule has 164 valence electrons. The number of nitrogens with zero attached hydrogens (tertiary/aromatic N) is 3. The molecule has 0 saturated carbocycles. The van der Waals surface area contributed by atoms with Crippen LogP contribution in [0.5, 0.6) is 0 Å². The Kier molecular flexibility index (Phi) is 6.51. The lowest BCUT2D eigenvalue weighted by Crippen LogP contribution is -2.32. The summed E-state index contributed by atoms with van der Waals surface area (Å²) in [6.45, 7) is 0. The Morgan fingerprint density at radius 2 is 1.39 bits per heavy atom. The van der Waals surface area contributed by atoms with Crippen molar-refractivity contribution in [2.45, 2.75) is 5.60 Å². The van der Waals surface area contributed by atoms with Gasteiger partial charge in [-0.25, -0.2) is 4.79 Å². The average Bonchev–Trinajstić information content (AvgIpc) is 3.32. The maximum atomic E-state index is 12.0. The SMILES string of the molecule is O=CNc1nc(C(=NOC(c2ccccc2)(c2ccccc2)c2ccccc2)C(=O)O)ns1. The minimum Gasteiger partial charge on any atom is -0.476 e. The first-order chi connectivity index (χ1) is 16.1. The summed E-state index contributed by atoms with van der Waals surface area (Å²) in [7, 11) is 0. The van der Waals surface area contributed by atoms with E-state index in [0.717, 1.165) is 28.2 Å². The van der Waals surface area contributed by atoms with Gasteiger partial charge in [0.1, 0.15) is 0 Å². The highest BCUT2D eigenvalue weighted by atomic mass is 32.1. The van der Waals surface area contributed by atoms with E-state index < -0.39 is 17.3 Å². The summed E-state index contributed by atoms with van der Waals surface area (Å²) in [6.07, 6.45) is 0.434. The molecule has 0 aliphatic carbocycles. The molecular weight excluding hydrogens is 440 g/mol. The quantitative estimate of drug-likeness (QED) is 0.170. The molecule has 0 aliphatic rings. The summed E-state index contributed by atoms with van der Waals surface area (Å²) >= 11 is 0.839. The lowest BCUT2D eigenvalue weighted by atomic mass is 9.80. The van der Waals surface area contributed by atoms with E-state index in [2.05, 4.69) is 19.8 Å². The number of hydrogen-bond donors (Lipinski definition) is 2. The molecule has 1 heterocycles. The molecule has 0 radical (unpaired) electrons. The van der Waals surface area contributed by atoms with Gasteiger partial charge in [-0.1, -0.05) is 96.2 Å². The predicted octanol–water partition coefficient (Wildman–Crippen LogP) is 3.90. The first kappa shape index (κ1) is 21.8. The summed E-state index contributed by atoms with van der Waals surface area (Å²) in [6, 6.07) is 28.3. The molecule has 4 rings (SSSR count). The molecule has 9 heteroatoms. The van der Waals surface area contributed by atoms with Crippen molar-refractivity contribution >= 4 is 34.8 Å². The highest BCUT2D eigenvalue weighted by Gasteiger charge is 2.40. The molecule has 0 bridgehead atoms. The molecule has 0 fully saturated rings. The highest BCUT2D eigenvalue weighted by Crippen LogP contribution is 2.40. The van der Waals surface area contributed by atoms with Gasteiger partial charge in [0.15, 0.2) is 0 Å². The average molecular weight is 458 g/mol. The maximum Gasteiger partial charge on any atom is 0.362 e. The highest BCUT2D eigenvalue weighted by molar-refractivity contribution is 7.10. The van der Waals surface area contributed by atoms with Gasteiger partial charge in [-0.2, -0.15) is 9.36 Å². The molecule has 0 spiro atoms. The smallest absolute Gasteiger partial charge is 0.362 e. The van der Waals surface area contributed by atoms with E-state index in [4.69, 9.17) is 4.84 Å². The number of aliphatic carboxylic acids is 1. The van der Waals surface area contributed by atoms with Crippen LogP contribution in [0.1, 0.15) is 22.5 Å². The fraction of sp³-hybridized carbons (Fsp3) is 0.0417. The Bertz CT molecular complexity index is 1160. The fourth-order valence-corrected chi connectivity index (χ4v) is 3.92. The molecule has 0 aliphatic heterocycles. The molecule has 1 amide bonds. The molecule has 33 heavy (non-hydrogen) atoms. The molecular formula is C24H18N4O4S. The zero-order valence-electron chi connectivity index (χ0n) is 17.2. The number of amides is 1. The van der Waals surface area contributed by atoms with Gasteiger partial charge < -0.3 is 15.3 Å². The van der Waals surface area contributed by atoms with Crippen molar-refractivity contribution in [3.63, 3.8) is 0 Å². The van der Waals surface area contributed by atoms with Crippen molar-refractivity contribution in [2.75, 3.05) is 5.32 Å². The van der Waals surface area contributed by atoms with Gasteiger partial charge in [-0.05, 0) is 0 Å². The van der Waals surface area contributed by atoms with E-state index in [1.807, 2.05) is 91.0 Å². The number of aromatic nitrogens is 2. The summed E-state index contributed by atoms with van der Waals surface area (Å²) in [4.78, 5) is 32.9. The molecule has 2 N–H and O–H groups in total. The van der Waals surface area contributed by atoms with Crippen LogP contribution in [-0.4, -0.2) is 32.6 Å². The maximum absolute atomic E-state index is 12.0. The number of benzene rings is 3. The van der Waals surface area contributed by atoms with E-state index in [-0.39, 0.29) is 11.0 Å². The Hall–Kier alpha value is -4.37. The van der Waals surface area contributed by atoms with Crippen LogP contribution in [-0.2, 0) is 20.0 Å². The Balaban J connectivity index is 1.90. The van der Waals surface area contributed by atoms with E-state index in [9.17, 15) is 14.7 Å². The van der Waals surface area contributed by atoms with Crippen molar-refractivity contribution in [1.29, 1.82) is 0 Å². The number of oxime groups is 1. The zero-order valence-corrected chi connectivity index (χ0v) is 18.0. The first-order valence-electron chi connectivity index (χ1n) is 9.85. The van der Waals surface area contributed by atoms with Gasteiger partial charge >= 0.3 is 5.97 Å². The zero-order chi connectivity index (χ0) is 23.1. The number of carbonyl (C=O) groups is 2. The number of anilines is 1. The summed E-state index contributed by atoms with van der Waals surface area (Å²) < 4.78 is 3.99. The normalized spacial score (nSPS) is 11.6. The number of carboxylic acids is 1. The molecule has 1 aromatic heterocycles. The second-order valence-electron chi connectivity index (χ2n) is 6.80. The van der Waals surface area contributed by atoms with Crippen molar-refractivity contribution < 1.29 is 19.5 Å². The standard InChI is InChI=1S/C24H18N4O4S/c29-16-25-23-26-21(28-33-23)20(22(30)31)27-32-24(17-10-4-1-5-11-17,18-12-6-2-7-13-18)19-14-8-3-9-15-19/h1-16H,(H,30,31)(H,25,26,28,29). The summed E-state index contributed by atoms with van der Waals surface area (Å²) in [5.74, 6) is -1.53. The van der Waals surface area contributed by atoms with Crippen molar-refractivity contribution in [3.05, 3.63) is 114 Å². The van der Waals surface area contributed by atoms with Gasteiger partial charge in [0.25, 0.3) is 0 Å². The third-order valence-electron chi connectivity index (χ3n) is 4.84. The van der Waals surface area contributed by atoms with Crippen LogP contribution in [0.2, 0.25) is 0 Å². The molecule has 0 saturated heterocycles. The molecule has 8 nitrogen and oxygen atoms in total. The van der Waals surface area contributed by atoms with Crippen LogP contribution in [0.3, 0.4) is 0 Å². The summed E-state index contributed by atoms with van der Waals surface area (Å²) in [5, 5.41) is 16.3. The Labute approximate surface area is 193 Å². The number of nitrogens with one attached hydrogen (secondary N) is 1. The minimum absolute atomic E-state index is 0.148. The predicted molar refractivity (Wildman–Crippen MR) is 124 cm³/mol. The number of rotatable bonds is 9. The Morgan fingerprint density at radius 1 is 0.909 bits per heavy atom. The van der Waals surface area contributed by atoms with Crippen LogP contribution in [0.25, 0.3) is 0 Å². The number of carboxylic acid groups (broad SMARTS) is 1. The second kappa shape index (κ2) is 9.84. The van der Waals surface area contributed by atoms with Crippen molar-refractivity contribution in [2.24, 2.45) is 5.16 Å². The third-order valence-corrected chi connectivity index (χ3v) is 5.48. The number of carbonyl (C=O) groups excluding carboxylic acids is 1. The molecule has 3 aromatic carbocycles. The number of hydrogen-bond acceptors (Lipinski definition) is 7. The Morgan fingerprint density at radius 3 is 1.82 bits per heavy atom. The molecule has 0 unspecified atom stereocenters. The second-order valence-corrected chi connectivity index (χ2v) is 7.55. The van der Waals surface area contributed by atoms with Crippen LogP contribution in [0, 0.1) is 0 Å². The topological polar surface area (TPSA) is 114 Å². The van der Waals surface area contributed by atoms with E-state index in [0.29, 0.717) is 6.41 Å². The van der Waals surface area contributed by atoms with E-state index in [1.165, 1.54) is 0 Å². The van der Waals surface area contributed by atoms with Gasteiger partial charge in [0, 0.05) is 28.2 Å². The van der Waals surface area contributed by atoms with Gasteiger partial charge in [-0.3, -0.25) is 4.79 Å². The van der Waals surface area contributed by atoms with Crippen LogP contribution in [0.15, 0.2) is 96.2 Å². The lowest BCUT2D eigenvalue weighted by molar-refractivity contribution is -0.129. The lowest BCUT2D eigenvalue weighted by Gasteiger charge is -2.33. The van der Waals surface area contributed by atoms with Gasteiger partial charge in [-0.15, -0.1) is 0 Å². The fourth-order valence-electron chi connectivity index (χ4n) is 3.40.